The Kier molecular flexibility index (Phi) is 4.93. The molecule has 0 aliphatic carbocycles. The van der Waals surface area contributed by atoms with Crippen LogP contribution in [0, 0.1) is 0 Å². The number of aromatic nitrogens is 1. The van der Waals surface area contributed by atoms with Crippen molar-refractivity contribution < 1.29 is 42.2 Å². The van der Waals surface area contributed by atoms with E-state index in [1.54, 1.807) is 18.2 Å². The minimum Gasteiger partial charge on any atom is -0.461 e. The maximum absolute atomic E-state index is 14.9. The molecule has 27 heavy (non-hydrogen) atoms. The monoisotopic (exact) mass is 401 g/mol. The molecule has 0 spiro atoms. The molecule has 5 atom stereocenters. The van der Waals surface area contributed by atoms with Crippen molar-refractivity contribution in [3.63, 3.8) is 0 Å². The highest BCUT2D eigenvalue weighted by molar-refractivity contribution is 7.87. The number of aliphatic hydroxyl groups excluding tert-OH is 2. The van der Waals surface area contributed by atoms with Crippen LogP contribution in [0.25, 0.3) is 0 Å². The van der Waals surface area contributed by atoms with E-state index < -0.39 is 39.4 Å². The summed E-state index contributed by atoms with van der Waals surface area (Å²) in [5.41, 5.74) is -2.69. The molecular weight excluding hydrogens is 385 g/mol. The van der Waals surface area contributed by atoms with Crippen molar-refractivity contribution in [1.29, 1.82) is 0 Å². The number of aliphatic hydroxyl groups is 3. The molecule has 2 heterocycles. The highest BCUT2D eigenvalue weighted by Gasteiger charge is 2.69. The third-order valence-corrected chi connectivity index (χ3v) is 5.25. The van der Waals surface area contributed by atoms with Crippen molar-refractivity contribution in [2.75, 3.05) is 0 Å². The van der Waals surface area contributed by atoms with Crippen molar-refractivity contribution in [2.45, 2.75) is 29.3 Å². The Morgan fingerprint density at radius 2 is 1.67 bits per heavy atom. The van der Waals surface area contributed by atoms with Gasteiger partial charge in [-0.25, -0.2) is 0 Å². The molecule has 0 saturated carbocycles. The minimum atomic E-state index is -5.67. The Morgan fingerprint density at radius 1 is 1.07 bits per heavy atom. The van der Waals surface area contributed by atoms with Gasteiger partial charge < -0.3 is 20.1 Å². The highest BCUT2D eigenvalue weighted by Crippen LogP contribution is 2.45. The zero-order chi connectivity index (χ0) is 19.9. The van der Waals surface area contributed by atoms with Crippen molar-refractivity contribution >= 4 is 10.1 Å². The number of nitrogens with zero attached hydrogens (tertiary/aromatic N) is 1. The Hall–Kier alpha value is -2.15. The Balaban J connectivity index is 2.13. The zero-order valence-electron chi connectivity index (χ0n) is 13.6. The summed E-state index contributed by atoms with van der Waals surface area (Å²) in [6.07, 6.45) is -4.97. The van der Waals surface area contributed by atoms with Gasteiger partial charge in [0.05, 0.1) is 0 Å². The predicted molar refractivity (Wildman–Crippen MR) is 87.5 cm³/mol. The summed E-state index contributed by atoms with van der Waals surface area (Å²) in [6.45, 7) is 0. The van der Waals surface area contributed by atoms with E-state index in [1.165, 1.54) is 36.7 Å². The maximum Gasteiger partial charge on any atom is 0.367 e. The number of benzene rings is 1. The number of hydrogen-bond donors (Lipinski definition) is 4. The number of halogens is 1. The standard InChI is InChI=1S/C16H16FNO8S/c17-16(27(22,23)24)13(20)12(19)15(21,10-6-8-18-9-7-10)14(26-16)25-11-4-2-1-3-5-11/h1-9,12-14,19-21H,(H,22,23,24)/t12-,13-,14+,15+,16?/m0/s1. The summed E-state index contributed by atoms with van der Waals surface area (Å²) in [5.74, 6) is 0.0382. The second-order valence-corrected chi connectivity index (χ2v) is 7.40. The van der Waals surface area contributed by atoms with Crippen LogP contribution >= 0.6 is 0 Å². The molecule has 4 N–H and O–H groups in total. The van der Waals surface area contributed by atoms with Crippen LogP contribution in [-0.2, 0) is 20.5 Å². The molecule has 0 radical (unpaired) electrons. The topological polar surface area (TPSA) is 146 Å². The average molecular weight is 401 g/mol. The van der Waals surface area contributed by atoms with Gasteiger partial charge in [0.15, 0.2) is 11.7 Å². The molecule has 2 aromatic rings. The molecule has 1 unspecified atom stereocenters. The summed E-state index contributed by atoms with van der Waals surface area (Å²) in [4.78, 5) is 3.75. The lowest BCUT2D eigenvalue weighted by Gasteiger charge is -2.48. The number of ether oxygens (including phenoxy) is 2. The number of para-hydroxylation sites is 1. The summed E-state index contributed by atoms with van der Waals surface area (Å²) in [6, 6.07) is 10.0. The van der Waals surface area contributed by atoms with E-state index in [2.05, 4.69) is 9.72 Å². The molecule has 0 amide bonds. The molecule has 1 aromatic carbocycles. The van der Waals surface area contributed by atoms with E-state index in [-0.39, 0.29) is 11.3 Å². The van der Waals surface area contributed by atoms with Crippen LogP contribution in [0.4, 0.5) is 4.39 Å². The normalized spacial score (nSPS) is 34.2. The van der Waals surface area contributed by atoms with E-state index in [0.717, 1.165) is 0 Å². The van der Waals surface area contributed by atoms with Crippen LogP contribution < -0.4 is 4.74 Å². The Morgan fingerprint density at radius 3 is 2.22 bits per heavy atom. The van der Waals surface area contributed by atoms with E-state index >= 15 is 0 Å². The fourth-order valence-electron chi connectivity index (χ4n) is 2.75. The SMILES string of the molecule is O=S(=O)(O)C1(F)O[C@@H](Oc2ccccc2)[C@@](O)(c2ccncc2)[C@@H](O)[C@@H]1O. The van der Waals surface area contributed by atoms with Gasteiger partial charge in [0.25, 0.3) is 0 Å². The quantitative estimate of drug-likeness (QED) is 0.517. The molecule has 11 heteroatoms. The lowest BCUT2D eigenvalue weighted by atomic mass is 9.83. The van der Waals surface area contributed by atoms with Gasteiger partial charge >= 0.3 is 15.3 Å². The second kappa shape index (κ2) is 6.78. The van der Waals surface area contributed by atoms with Gasteiger partial charge in [0, 0.05) is 12.4 Å². The second-order valence-electron chi connectivity index (χ2n) is 5.89. The minimum absolute atomic E-state index is 0.0382. The van der Waals surface area contributed by atoms with Crippen molar-refractivity contribution in [3.8, 4) is 5.75 Å². The van der Waals surface area contributed by atoms with Crippen LogP contribution in [0.3, 0.4) is 0 Å². The molecule has 1 aromatic heterocycles. The predicted octanol–water partition coefficient (Wildman–Crippen LogP) is -0.0626. The third kappa shape index (κ3) is 3.18. The van der Waals surface area contributed by atoms with Crippen LogP contribution in [0.1, 0.15) is 5.56 Å². The van der Waals surface area contributed by atoms with E-state index in [1.807, 2.05) is 0 Å². The number of rotatable bonds is 4. The summed E-state index contributed by atoms with van der Waals surface area (Å²) < 4.78 is 57.0. The molecule has 146 valence electrons. The first kappa shape index (κ1) is 19.6. The van der Waals surface area contributed by atoms with E-state index in [9.17, 15) is 28.1 Å². The number of alkyl halides is 1. The lowest BCUT2D eigenvalue weighted by Crippen LogP contribution is -2.70. The van der Waals surface area contributed by atoms with E-state index in [0.29, 0.717) is 0 Å². The number of hydrogen-bond acceptors (Lipinski definition) is 8. The molecular formula is C16H16FNO8S. The average Bonchev–Trinajstić information content (AvgIpc) is 2.65. The smallest absolute Gasteiger partial charge is 0.367 e. The maximum atomic E-state index is 14.9. The third-order valence-electron chi connectivity index (χ3n) is 4.21. The fourth-order valence-corrected chi connectivity index (χ4v) is 3.39. The molecule has 3 rings (SSSR count). The Bertz CT molecular complexity index is 899. The lowest BCUT2D eigenvalue weighted by molar-refractivity contribution is -0.361. The first-order valence-electron chi connectivity index (χ1n) is 7.65. The fraction of sp³-hybridized carbons (Fsp3) is 0.312. The van der Waals surface area contributed by atoms with Gasteiger partial charge in [0.2, 0.25) is 6.29 Å². The van der Waals surface area contributed by atoms with Crippen LogP contribution in [0.15, 0.2) is 54.9 Å². The highest BCUT2D eigenvalue weighted by atomic mass is 32.2. The molecule has 9 nitrogen and oxygen atoms in total. The van der Waals surface area contributed by atoms with Crippen LogP contribution in [-0.4, -0.2) is 57.0 Å². The van der Waals surface area contributed by atoms with Gasteiger partial charge in [-0.2, -0.15) is 12.8 Å². The Labute approximate surface area is 153 Å². The first-order chi connectivity index (χ1) is 12.6. The summed E-state index contributed by atoms with van der Waals surface area (Å²) in [7, 11) is -5.67. The van der Waals surface area contributed by atoms with Gasteiger partial charge in [-0.05, 0) is 29.8 Å². The molecule has 1 saturated heterocycles. The molecule has 1 aliphatic heterocycles. The zero-order valence-corrected chi connectivity index (χ0v) is 14.4. The van der Waals surface area contributed by atoms with Crippen LogP contribution in [0.2, 0.25) is 0 Å². The van der Waals surface area contributed by atoms with Gasteiger partial charge in [-0.1, -0.05) is 18.2 Å². The van der Waals surface area contributed by atoms with Crippen molar-refractivity contribution in [3.05, 3.63) is 60.4 Å². The molecule has 0 bridgehead atoms. The van der Waals surface area contributed by atoms with Crippen molar-refractivity contribution in [1.82, 2.24) is 4.98 Å². The largest absolute Gasteiger partial charge is 0.461 e. The molecule has 1 fully saturated rings. The van der Waals surface area contributed by atoms with Crippen LogP contribution in [0.5, 0.6) is 5.75 Å². The van der Waals surface area contributed by atoms with E-state index in [4.69, 9.17) is 9.29 Å². The summed E-state index contributed by atoms with van der Waals surface area (Å²) >= 11 is 0. The summed E-state index contributed by atoms with van der Waals surface area (Å²) in [5, 5.41) is 27.3. The molecule has 1 aliphatic rings. The van der Waals surface area contributed by atoms with Gasteiger partial charge in [0.1, 0.15) is 11.9 Å². The van der Waals surface area contributed by atoms with Gasteiger partial charge in [-0.15, -0.1) is 0 Å². The van der Waals surface area contributed by atoms with Gasteiger partial charge in [-0.3, -0.25) is 14.3 Å². The first-order valence-corrected chi connectivity index (χ1v) is 9.09. The van der Waals surface area contributed by atoms with Crippen molar-refractivity contribution in [2.24, 2.45) is 0 Å². The number of pyridine rings is 1.